The Balaban J connectivity index is 1.28. The molecule has 0 aliphatic carbocycles. The van der Waals surface area contributed by atoms with E-state index in [1.54, 1.807) is 17.8 Å². The van der Waals surface area contributed by atoms with Gasteiger partial charge in [-0.25, -0.2) is 9.78 Å². The van der Waals surface area contributed by atoms with E-state index in [0.717, 1.165) is 33.5 Å². The molecule has 10 heteroatoms. The van der Waals surface area contributed by atoms with E-state index in [2.05, 4.69) is 25.6 Å². The molecule has 0 bridgehead atoms. The van der Waals surface area contributed by atoms with Gasteiger partial charge in [0.25, 0.3) is 0 Å². The van der Waals surface area contributed by atoms with Crippen LogP contribution in [0.4, 0.5) is 0 Å². The summed E-state index contributed by atoms with van der Waals surface area (Å²) in [6.07, 6.45) is 2.08. The van der Waals surface area contributed by atoms with Gasteiger partial charge < -0.3 is 10.0 Å². The van der Waals surface area contributed by atoms with Gasteiger partial charge in [0.1, 0.15) is 0 Å². The van der Waals surface area contributed by atoms with E-state index in [1.807, 2.05) is 109 Å². The molecule has 2 N–H and O–H groups in total. The zero-order valence-electron chi connectivity index (χ0n) is 24.4. The number of carbonyl (C=O) groups excluding carboxylic acids is 1. The number of imidazole rings is 1. The minimum Gasteiger partial charge on any atom is -0.479 e. The number of aliphatic carboxylic acids is 1. The Kier molecular flexibility index (Phi) is 7.01. The number of hydrogen-bond acceptors (Lipinski definition) is 6. The molecule has 4 aromatic carbocycles. The van der Waals surface area contributed by atoms with Crippen LogP contribution in [0.3, 0.4) is 0 Å². The van der Waals surface area contributed by atoms with Gasteiger partial charge in [0.2, 0.25) is 11.7 Å². The highest BCUT2D eigenvalue weighted by Gasteiger charge is 2.52. The van der Waals surface area contributed by atoms with E-state index in [0.29, 0.717) is 23.6 Å². The monoisotopic (exact) mass is 595 g/mol. The predicted molar refractivity (Wildman–Crippen MR) is 167 cm³/mol. The van der Waals surface area contributed by atoms with E-state index >= 15 is 0 Å². The van der Waals surface area contributed by atoms with Gasteiger partial charge in [-0.2, -0.15) is 5.21 Å². The van der Waals surface area contributed by atoms with Gasteiger partial charge in [0, 0.05) is 24.2 Å². The summed E-state index contributed by atoms with van der Waals surface area (Å²) >= 11 is 0. The van der Waals surface area contributed by atoms with Crippen LogP contribution in [0.25, 0.3) is 28.2 Å². The predicted octanol–water partition coefficient (Wildman–Crippen LogP) is 5.24. The summed E-state index contributed by atoms with van der Waals surface area (Å²) < 4.78 is 1.79. The molecule has 10 nitrogen and oxygen atoms in total. The zero-order chi connectivity index (χ0) is 31.0. The van der Waals surface area contributed by atoms with Crippen molar-refractivity contribution < 1.29 is 14.7 Å². The molecule has 0 spiro atoms. The van der Waals surface area contributed by atoms with Crippen molar-refractivity contribution >= 4 is 11.9 Å². The molecule has 0 fully saturated rings. The third kappa shape index (κ3) is 4.76. The average molecular weight is 596 g/mol. The second-order valence-electron chi connectivity index (χ2n) is 11.1. The number of carboxylic acids is 1. The van der Waals surface area contributed by atoms with Crippen LogP contribution >= 0.6 is 0 Å². The minimum absolute atomic E-state index is 0.230. The van der Waals surface area contributed by atoms with E-state index in [4.69, 9.17) is 0 Å². The van der Waals surface area contributed by atoms with Gasteiger partial charge in [-0.15, -0.1) is 10.2 Å². The maximum absolute atomic E-state index is 14.5. The summed E-state index contributed by atoms with van der Waals surface area (Å²) in [6.45, 7) is 1.83. The first-order chi connectivity index (χ1) is 22.0. The minimum atomic E-state index is -1.67. The summed E-state index contributed by atoms with van der Waals surface area (Å²) in [7, 11) is 0. The third-order valence-electron chi connectivity index (χ3n) is 8.58. The molecule has 6 aromatic rings. The molecule has 1 unspecified atom stereocenters. The van der Waals surface area contributed by atoms with Crippen LogP contribution in [0.5, 0.6) is 0 Å². The Morgan fingerprint density at radius 2 is 1.47 bits per heavy atom. The van der Waals surface area contributed by atoms with Crippen LogP contribution in [-0.4, -0.2) is 58.6 Å². The van der Waals surface area contributed by atoms with Crippen LogP contribution in [0, 0.1) is 0 Å². The number of nitrogens with zero attached hydrogens (tertiary/aromatic N) is 6. The van der Waals surface area contributed by atoms with Crippen molar-refractivity contribution in [1.82, 2.24) is 35.1 Å². The number of aromatic nitrogens is 6. The van der Waals surface area contributed by atoms with Gasteiger partial charge in [-0.1, -0.05) is 97.1 Å². The highest BCUT2D eigenvalue weighted by atomic mass is 16.4. The second-order valence-corrected chi connectivity index (χ2v) is 11.1. The van der Waals surface area contributed by atoms with Crippen molar-refractivity contribution in [3.8, 4) is 28.2 Å². The second kappa shape index (κ2) is 11.3. The summed E-state index contributed by atoms with van der Waals surface area (Å²) in [4.78, 5) is 34.0. The fourth-order valence-corrected chi connectivity index (χ4v) is 6.33. The van der Waals surface area contributed by atoms with Gasteiger partial charge in [-0.05, 0) is 46.5 Å². The number of carbonyl (C=O) groups is 2. The number of benzene rings is 4. The highest BCUT2D eigenvalue weighted by Crippen LogP contribution is 2.40. The zero-order valence-corrected chi connectivity index (χ0v) is 24.4. The van der Waals surface area contributed by atoms with Gasteiger partial charge in [-0.3, -0.25) is 9.36 Å². The molecule has 0 saturated carbocycles. The Morgan fingerprint density at radius 1 is 0.844 bits per heavy atom. The van der Waals surface area contributed by atoms with E-state index in [9.17, 15) is 14.7 Å². The molecule has 1 aliphatic heterocycles. The van der Waals surface area contributed by atoms with Crippen molar-refractivity contribution in [1.29, 1.82) is 0 Å². The molecular weight excluding hydrogens is 566 g/mol. The van der Waals surface area contributed by atoms with Crippen LogP contribution in [0.2, 0.25) is 0 Å². The molecule has 45 heavy (non-hydrogen) atoms. The number of amides is 1. The molecule has 222 valence electrons. The first kappa shape index (κ1) is 27.9. The molecule has 0 saturated heterocycles. The molecule has 2 aromatic heterocycles. The van der Waals surface area contributed by atoms with E-state index in [1.165, 1.54) is 4.90 Å². The topological polar surface area (TPSA) is 130 Å². The average Bonchev–Trinajstić information content (AvgIpc) is 3.78. The normalized spacial score (nSPS) is 16.0. The smallest absolute Gasteiger partial charge is 0.335 e. The first-order valence-electron chi connectivity index (χ1n) is 14.6. The fraction of sp³-hybridized carbons (Fsp3) is 0.143. The Labute approximate surface area is 259 Å². The molecule has 0 radical (unpaired) electrons. The summed E-state index contributed by atoms with van der Waals surface area (Å²) in [5, 5.41) is 25.3. The maximum Gasteiger partial charge on any atom is 0.335 e. The molecular formula is C35H29N7O3. The van der Waals surface area contributed by atoms with Crippen LogP contribution in [0.15, 0.2) is 116 Å². The lowest BCUT2D eigenvalue weighted by Gasteiger charge is -2.43. The number of hydrogen-bond donors (Lipinski definition) is 2. The van der Waals surface area contributed by atoms with Crippen molar-refractivity contribution in [2.24, 2.45) is 0 Å². The summed E-state index contributed by atoms with van der Waals surface area (Å²) in [6, 6.07) is 34.6. The lowest BCUT2D eigenvalue weighted by Crippen LogP contribution is -2.58. The van der Waals surface area contributed by atoms with Crippen molar-refractivity contribution in [2.45, 2.75) is 24.8 Å². The van der Waals surface area contributed by atoms with Crippen molar-refractivity contribution in [2.75, 3.05) is 6.54 Å². The van der Waals surface area contributed by atoms with Crippen LogP contribution < -0.4 is 0 Å². The summed E-state index contributed by atoms with van der Waals surface area (Å²) in [5.74, 6) is -1.57. The maximum atomic E-state index is 14.5. The van der Waals surface area contributed by atoms with Crippen LogP contribution in [-0.2, 0) is 21.5 Å². The molecule has 1 atom stereocenters. The Bertz CT molecular complexity index is 1930. The lowest BCUT2D eigenvalue weighted by molar-refractivity contribution is -0.160. The third-order valence-corrected chi connectivity index (χ3v) is 8.58. The van der Waals surface area contributed by atoms with E-state index < -0.39 is 17.4 Å². The summed E-state index contributed by atoms with van der Waals surface area (Å²) in [5.41, 5.74) is 4.48. The van der Waals surface area contributed by atoms with E-state index in [-0.39, 0.29) is 12.5 Å². The number of carboxylic acid groups (broad SMARTS) is 1. The highest BCUT2D eigenvalue weighted by molar-refractivity contribution is 5.93. The molecule has 1 amide bonds. The molecule has 7 rings (SSSR count). The number of tetrazole rings is 1. The largest absolute Gasteiger partial charge is 0.479 e. The number of aromatic amines is 1. The Morgan fingerprint density at radius 3 is 2.07 bits per heavy atom. The fourth-order valence-electron chi connectivity index (χ4n) is 6.33. The SMILES string of the molecule is CC1(C(=O)O)c2c(ncn2-c2ccc(-c3ccccc3-c3nn[nH]n3)cc2)CCN1C(=O)C(c1ccccc1)c1ccccc1. The number of nitrogens with one attached hydrogen (secondary N) is 1. The van der Waals surface area contributed by atoms with Crippen molar-refractivity contribution in [3.05, 3.63) is 138 Å². The first-order valence-corrected chi connectivity index (χ1v) is 14.6. The molecule has 3 heterocycles. The standard InChI is InChI=1S/C35H29N7O3/c1-35(34(44)45)31-29(20-21-42(35)33(43)30(24-10-4-2-5-11-24)25-12-6-3-7-13-25)36-22-41(31)26-18-16-23(17-19-26)27-14-8-9-15-28(27)32-37-39-40-38-32/h2-19,22,30H,20-21H2,1H3,(H,44,45)(H,37,38,39,40). The van der Waals surface area contributed by atoms with Crippen LogP contribution in [0.1, 0.15) is 35.4 Å². The quantitative estimate of drug-likeness (QED) is 0.258. The Hall–Kier alpha value is -5.90. The van der Waals surface area contributed by atoms with Gasteiger partial charge in [0.15, 0.2) is 5.54 Å². The number of rotatable bonds is 7. The van der Waals surface area contributed by atoms with Gasteiger partial charge in [0.05, 0.1) is 23.6 Å². The lowest BCUT2D eigenvalue weighted by atomic mass is 9.84. The number of H-pyrrole nitrogens is 1. The van der Waals surface area contributed by atoms with Gasteiger partial charge >= 0.3 is 5.97 Å². The van der Waals surface area contributed by atoms with Crippen molar-refractivity contribution in [3.63, 3.8) is 0 Å². The molecule has 1 aliphatic rings. The number of fused-ring (bicyclic) bond motifs is 1.